The molecule has 0 unspecified atom stereocenters. The van der Waals surface area contributed by atoms with E-state index in [-0.39, 0.29) is 0 Å². The van der Waals surface area contributed by atoms with Crippen LogP contribution < -0.4 is 10.2 Å². The summed E-state index contributed by atoms with van der Waals surface area (Å²) in [6.45, 7) is 5.14. The molecular weight excluding hydrogens is 439 g/mol. The van der Waals surface area contributed by atoms with E-state index >= 15 is 0 Å². The lowest BCUT2D eigenvalue weighted by atomic mass is 9.62. The molecule has 0 aromatic heterocycles. The maximum atomic E-state index is 6.41. The molecule has 3 heterocycles. The Morgan fingerprint density at radius 3 is 1.92 bits per heavy atom. The van der Waals surface area contributed by atoms with Crippen LogP contribution >= 0.6 is 0 Å². The summed E-state index contributed by atoms with van der Waals surface area (Å²) >= 11 is 0. The normalized spacial score (nSPS) is 17.7. The number of hydrogen-bond acceptors (Lipinski definition) is 3. The molecule has 0 atom stereocenters. The second-order valence-electron chi connectivity index (χ2n) is 10.7. The van der Waals surface area contributed by atoms with E-state index < -0.39 is 0 Å². The Hall–Kier alpha value is -3.34. The Balaban J connectivity index is 1.48. The van der Waals surface area contributed by atoms with Crippen molar-refractivity contribution in [1.29, 1.82) is 0 Å². The second-order valence-corrected chi connectivity index (χ2v) is 10.7. The molecule has 0 radical (unpaired) electrons. The van der Waals surface area contributed by atoms with Gasteiger partial charge >= 0.3 is 6.98 Å². The minimum Gasteiger partial charge on any atom is -0.456 e. The van der Waals surface area contributed by atoms with E-state index in [1.54, 1.807) is 0 Å². The third-order valence-corrected chi connectivity index (χ3v) is 8.64. The molecule has 3 aliphatic rings. The zero-order valence-electron chi connectivity index (χ0n) is 20.5. The van der Waals surface area contributed by atoms with Gasteiger partial charge in [-0.2, -0.15) is 0 Å². The minimum absolute atomic E-state index is 0.354. The molecule has 0 saturated carbocycles. The van der Waals surface area contributed by atoms with Crippen molar-refractivity contribution in [3.63, 3.8) is 0 Å². The maximum absolute atomic E-state index is 6.41. The first kappa shape index (κ1) is 20.8. The molecule has 36 heavy (non-hydrogen) atoms. The Kier molecular flexibility index (Phi) is 4.68. The first-order chi connectivity index (χ1) is 17.9. The average Bonchev–Trinajstić information content (AvgIpc) is 3.65. The predicted octanol–water partition coefficient (Wildman–Crippen LogP) is 6.81. The third kappa shape index (κ3) is 3.01. The monoisotopic (exact) mass is 468 g/mol. The predicted molar refractivity (Wildman–Crippen MR) is 151 cm³/mol. The molecule has 4 heteroatoms. The van der Waals surface area contributed by atoms with Gasteiger partial charge in [0.05, 0.1) is 0 Å². The van der Waals surface area contributed by atoms with Crippen LogP contribution in [0.15, 0.2) is 78.9 Å². The quantitative estimate of drug-likeness (QED) is 0.210. The maximum Gasteiger partial charge on any atom is 0.346 e. The van der Waals surface area contributed by atoms with Crippen molar-refractivity contribution >= 4 is 44.8 Å². The van der Waals surface area contributed by atoms with Gasteiger partial charge in [-0.25, -0.2) is 0 Å². The molecule has 8 rings (SSSR count). The molecule has 5 aromatic carbocycles. The van der Waals surface area contributed by atoms with Gasteiger partial charge in [0.15, 0.2) is 0 Å². The van der Waals surface area contributed by atoms with Crippen LogP contribution in [0.3, 0.4) is 0 Å². The highest BCUT2D eigenvalue weighted by atomic mass is 16.5. The summed E-state index contributed by atoms with van der Waals surface area (Å²) < 4.78 is 6.41. The molecule has 0 amide bonds. The first-order valence-electron chi connectivity index (χ1n) is 13.5. The van der Waals surface area contributed by atoms with Crippen molar-refractivity contribution in [2.45, 2.75) is 25.7 Å². The van der Waals surface area contributed by atoms with Crippen molar-refractivity contribution in [1.82, 2.24) is 9.62 Å². The van der Waals surface area contributed by atoms with Crippen LogP contribution in [0.25, 0.3) is 43.4 Å². The van der Waals surface area contributed by atoms with Crippen LogP contribution in [0.2, 0.25) is 0 Å². The molecule has 2 saturated heterocycles. The summed E-state index contributed by atoms with van der Waals surface area (Å²) in [7, 11) is 0. The SMILES string of the molecule is c1ccc2c(c1)Oc1cccc3c1c-2cc1c2ccccc2c(B(N2CCCC2)N2CCCC2)cc31. The molecule has 3 aliphatic heterocycles. The number of benzene rings is 5. The van der Waals surface area contributed by atoms with E-state index in [1.165, 1.54) is 101 Å². The van der Waals surface area contributed by atoms with Crippen molar-refractivity contribution in [2.24, 2.45) is 0 Å². The molecule has 0 aliphatic carbocycles. The van der Waals surface area contributed by atoms with E-state index in [1.807, 2.05) is 0 Å². The van der Waals surface area contributed by atoms with Gasteiger partial charge in [0, 0.05) is 10.9 Å². The largest absolute Gasteiger partial charge is 0.456 e. The smallest absolute Gasteiger partial charge is 0.346 e. The molecule has 176 valence electrons. The van der Waals surface area contributed by atoms with Crippen molar-refractivity contribution in [2.75, 3.05) is 26.2 Å². The van der Waals surface area contributed by atoms with Gasteiger partial charge in [0.1, 0.15) is 11.5 Å². The number of hydrogen-bond donors (Lipinski definition) is 0. The van der Waals surface area contributed by atoms with Crippen LogP contribution in [0, 0.1) is 0 Å². The molecule has 5 aromatic rings. The van der Waals surface area contributed by atoms with Crippen LogP contribution in [-0.2, 0) is 0 Å². The van der Waals surface area contributed by atoms with Gasteiger partial charge in [-0.1, -0.05) is 60.7 Å². The second kappa shape index (κ2) is 8.09. The van der Waals surface area contributed by atoms with Crippen LogP contribution in [0.5, 0.6) is 11.5 Å². The average molecular weight is 468 g/mol. The van der Waals surface area contributed by atoms with Gasteiger partial charge in [-0.3, -0.25) is 0 Å². The summed E-state index contributed by atoms with van der Waals surface area (Å²) in [4.78, 5) is 5.48. The van der Waals surface area contributed by atoms with Gasteiger partial charge in [0.25, 0.3) is 0 Å². The third-order valence-electron chi connectivity index (χ3n) is 8.64. The van der Waals surface area contributed by atoms with Gasteiger partial charge in [-0.05, 0) is 108 Å². The molecule has 2 fully saturated rings. The Labute approximate surface area is 212 Å². The van der Waals surface area contributed by atoms with Crippen LogP contribution in [-0.4, -0.2) is 42.8 Å². The Morgan fingerprint density at radius 2 is 1.14 bits per heavy atom. The molecular formula is C32H29BN2O. The molecule has 0 spiro atoms. The van der Waals surface area contributed by atoms with E-state index in [9.17, 15) is 0 Å². The van der Waals surface area contributed by atoms with E-state index in [2.05, 4.69) is 88.5 Å². The number of fused-ring (bicyclic) bond motifs is 6. The summed E-state index contributed by atoms with van der Waals surface area (Å²) in [5, 5.41) is 7.98. The number of para-hydroxylation sites is 1. The van der Waals surface area contributed by atoms with E-state index in [0.717, 1.165) is 11.5 Å². The van der Waals surface area contributed by atoms with Gasteiger partial charge in [0.2, 0.25) is 0 Å². The van der Waals surface area contributed by atoms with Crippen molar-refractivity contribution in [3.05, 3.63) is 78.9 Å². The van der Waals surface area contributed by atoms with Gasteiger partial charge < -0.3 is 14.4 Å². The molecule has 0 bridgehead atoms. The Morgan fingerprint density at radius 1 is 0.528 bits per heavy atom. The lowest BCUT2D eigenvalue weighted by Crippen LogP contribution is -2.58. The molecule has 3 nitrogen and oxygen atoms in total. The van der Waals surface area contributed by atoms with Crippen molar-refractivity contribution < 1.29 is 4.74 Å². The standard InChI is InChI=1S/C32H29BN2O/c1-2-11-23-22(10-1)26-20-28-24-12-3-4-14-30(24)36-31-15-9-13-25(32(28)31)27(26)21-29(23)33(34-16-5-6-17-34)35-18-7-8-19-35/h1-4,9-15,20-21H,5-8,16-19H2. The topological polar surface area (TPSA) is 15.7 Å². The van der Waals surface area contributed by atoms with E-state index in [4.69, 9.17) is 4.74 Å². The highest BCUT2D eigenvalue weighted by molar-refractivity contribution is 6.71. The summed E-state index contributed by atoms with van der Waals surface area (Å²) in [6, 6.07) is 29.1. The molecule has 0 N–H and O–H groups in total. The van der Waals surface area contributed by atoms with Crippen LogP contribution in [0.4, 0.5) is 0 Å². The summed E-state index contributed by atoms with van der Waals surface area (Å²) in [6.07, 6.45) is 5.23. The van der Waals surface area contributed by atoms with Crippen molar-refractivity contribution in [3.8, 4) is 22.6 Å². The van der Waals surface area contributed by atoms with Gasteiger partial charge in [-0.15, -0.1) is 0 Å². The minimum atomic E-state index is 0.354. The fourth-order valence-corrected chi connectivity index (χ4v) is 7.06. The zero-order valence-corrected chi connectivity index (χ0v) is 20.5. The summed E-state index contributed by atoms with van der Waals surface area (Å²) in [5.41, 5.74) is 3.94. The lowest BCUT2D eigenvalue weighted by molar-refractivity contribution is 0.436. The first-order valence-corrected chi connectivity index (χ1v) is 13.5. The number of ether oxygens (including phenoxy) is 1. The fraction of sp³-hybridized carbons (Fsp3) is 0.250. The lowest BCUT2D eigenvalue weighted by Gasteiger charge is -2.33. The Bertz CT molecular complexity index is 1630. The fourth-order valence-electron chi connectivity index (χ4n) is 7.06. The van der Waals surface area contributed by atoms with Crippen LogP contribution in [0.1, 0.15) is 25.7 Å². The van der Waals surface area contributed by atoms with E-state index in [0.29, 0.717) is 6.98 Å². The highest BCUT2D eigenvalue weighted by Crippen LogP contribution is 2.49. The zero-order chi connectivity index (χ0) is 23.6. The number of rotatable bonds is 3. The highest BCUT2D eigenvalue weighted by Gasteiger charge is 2.37. The summed E-state index contributed by atoms with van der Waals surface area (Å²) in [5.74, 6) is 1.91. The number of nitrogens with zero attached hydrogens (tertiary/aromatic N) is 2.